The van der Waals surface area contributed by atoms with E-state index in [-0.39, 0.29) is 24.3 Å². The summed E-state index contributed by atoms with van der Waals surface area (Å²) < 4.78 is 19.4. The van der Waals surface area contributed by atoms with E-state index in [9.17, 15) is 14.3 Å². The third-order valence-corrected chi connectivity index (χ3v) is 4.32. The minimum Gasteiger partial charge on any atom is -0.481 e. The lowest BCUT2D eigenvalue weighted by atomic mass is 9.91. The molecule has 0 radical (unpaired) electrons. The van der Waals surface area contributed by atoms with Gasteiger partial charge in [0.05, 0.1) is 12.1 Å². The first-order chi connectivity index (χ1) is 9.99. The molecule has 2 atom stereocenters. The van der Waals surface area contributed by atoms with Crippen LogP contribution in [-0.2, 0) is 4.79 Å². The number of aliphatic hydroxyl groups excluding tert-OH is 1. The van der Waals surface area contributed by atoms with Gasteiger partial charge in [-0.05, 0) is 31.0 Å². The van der Waals surface area contributed by atoms with Crippen LogP contribution in [0.5, 0.6) is 5.75 Å². The predicted octanol–water partition coefficient (Wildman–Crippen LogP) is 2.73. The zero-order valence-corrected chi connectivity index (χ0v) is 13.5. The van der Waals surface area contributed by atoms with Gasteiger partial charge in [-0.3, -0.25) is 4.79 Å². The van der Waals surface area contributed by atoms with Gasteiger partial charge in [0.2, 0.25) is 0 Å². The minimum atomic E-state index is -0.516. The first-order valence-corrected chi connectivity index (χ1v) is 7.80. The van der Waals surface area contributed by atoms with Crippen molar-refractivity contribution < 1.29 is 19.0 Å². The van der Waals surface area contributed by atoms with E-state index in [0.717, 1.165) is 19.3 Å². The van der Waals surface area contributed by atoms with Crippen molar-refractivity contribution in [3.63, 3.8) is 0 Å². The molecule has 1 amide bonds. The molecule has 1 saturated carbocycles. The van der Waals surface area contributed by atoms with Crippen LogP contribution in [0.25, 0.3) is 0 Å². The third-order valence-electron chi connectivity index (χ3n) is 3.83. The van der Waals surface area contributed by atoms with Gasteiger partial charge in [0, 0.05) is 11.5 Å². The number of likely N-dealkylation sites (N-methyl/N-ethyl adjacent to an activating group) is 1. The Morgan fingerprint density at radius 3 is 2.86 bits per heavy atom. The van der Waals surface area contributed by atoms with E-state index in [1.165, 1.54) is 17.0 Å². The number of aliphatic hydroxyl groups is 1. The van der Waals surface area contributed by atoms with Crippen LogP contribution in [0.2, 0.25) is 0 Å². The second-order valence-electron chi connectivity index (χ2n) is 5.29. The quantitative estimate of drug-likeness (QED) is 0.898. The summed E-state index contributed by atoms with van der Waals surface area (Å²) >= 11 is 3.16. The summed E-state index contributed by atoms with van der Waals surface area (Å²) in [7, 11) is 1.66. The van der Waals surface area contributed by atoms with Gasteiger partial charge in [-0.25, -0.2) is 4.39 Å². The molecule has 1 fully saturated rings. The fourth-order valence-electron chi connectivity index (χ4n) is 2.56. The fraction of sp³-hybridized carbons (Fsp3) is 0.533. The molecule has 1 N–H and O–H groups in total. The van der Waals surface area contributed by atoms with Gasteiger partial charge in [-0.1, -0.05) is 28.8 Å². The summed E-state index contributed by atoms with van der Waals surface area (Å²) in [5.41, 5.74) is 0. The summed E-state index contributed by atoms with van der Waals surface area (Å²) in [6.07, 6.45) is 3.00. The van der Waals surface area contributed by atoms with Gasteiger partial charge < -0.3 is 14.7 Å². The number of ether oxygens (including phenoxy) is 1. The van der Waals surface area contributed by atoms with Crippen LogP contribution >= 0.6 is 15.9 Å². The van der Waals surface area contributed by atoms with Gasteiger partial charge >= 0.3 is 0 Å². The number of hydrogen-bond acceptors (Lipinski definition) is 3. The van der Waals surface area contributed by atoms with Crippen molar-refractivity contribution in [2.45, 2.75) is 37.8 Å². The molecular formula is C15H19BrFNO3. The summed E-state index contributed by atoms with van der Waals surface area (Å²) in [5.74, 6) is -0.732. The third kappa shape index (κ3) is 4.17. The van der Waals surface area contributed by atoms with Crippen LogP contribution in [0.15, 0.2) is 22.7 Å². The second-order valence-corrected chi connectivity index (χ2v) is 6.20. The molecule has 4 nitrogen and oxygen atoms in total. The summed E-state index contributed by atoms with van der Waals surface area (Å²) in [5, 5.41) is 9.95. The van der Waals surface area contributed by atoms with Crippen LogP contribution in [0.4, 0.5) is 4.39 Å². The number of benzene rings is 1. The SMILES string of the molecule is CN(C(=O)COc1ccc(Br)cc1F)C1CCCCC1O. The van der Waals surface area contributed by atoms with E-state index in [1.807, 2.05) is 0 Å². The average Bonchev–Trinajstić information content (AvgIpc) is 2.46. The maximum atomic E-state index is 13.6. The Morgan fingerprint density at radius 2 is 2.19 bits per heavy atom. The molecule has 6 heteroatoms. The zero-order chi connectivity index (χ0) is 15.4. The van der Waals surface area contributed by atoms with Crippen molar-refractivity contribution in [1.29, 1.82) is 0 Å². The molecule has 1 aliphatic carbocycles. The largest absolute Gasteiger partial charge is 0.481 e. The lowest BCUT2D eigenvalue weighted by Gasteiger charge is -2.35. The molecule has 0 bridgehead atoms. The number of halogens is 2. The Bertz CT molecular complexity index is 512. The molecule has 2 unspecified atom stereocenters. The lowest BCUT2D eigenvalue weighted by molar-refractivity contribution is -0.137. The van der Waals surface area contributed by atoms with Crippen molar-refractivity contribution >= 4 is 21.8 Å². The van der Waals surface area contributed by atoms with Gasteiger partial charge in [0.1, 0.15) is 0 Å². The highest BCUT2D eigenvalue weighted by atomic mass is 79.9. The Kier molecular flexibility index (Phi) is 5.58. The van der Waals surface area contributed by atoms with Gasteiger partial charge in [-0.15, -0.1) is 0 Å². The molecule has 116 valence electrons. The summed E-state index contributed by atoms with van der Waals surface area (Å²) in [4.78, 5) is 13.6. The van der Waals surface area contributed by atoms with Gasteiger partial charge in [0.15, 0.2) is 18.2 Å². The molecular weight excluding hydrogens is 341 g/mol. The Labute approximate surface area is 132 Å². The number of carbonyl (C=O) groups is 1. The van der Waals surface area contributed by atoms with Crippen molar-refractivity contribution in [2.24, 2.45) is 0 Å². The normalized spacial score (nSPS) is 21.9. The highest BCUT2D eigenvalue weighted by Gasteiger charge is 2.29. The van der Waals surface area contributed by atoms with Crippen molar-refractivity contribution in [2.75, 3.05) is 13.7 Å². The number of carbonyl (C=O) groups excluding carboxylic acids is 1. The topological polar surface area (TPSA) is 49.8 Å². The second kappa shape index (κ2) is 7.22. The van der Waals surface area contributed by atoms with Crippen LogP contribution in [-0.4, -0.2) is 41.7 Å². The van der Waals surface area contributed by atoms with Crippen molar-refractivity contribution in [3.8, 4) is 5.75 Å². The van der Waals surface area contributed by atoms with Crippen LogP contribution in [0.3, 0.4) is 0 Å². The molecule has 0 heterocycles. The van der Waals surface area contributed by atoms with E-state index < -0.39 is 11.9 Å². The molecule has 0 saturated heterocycles. The molecule has 0 aromatic heterocycles. The standard InChI is InChI=1S/C15H19BrFNO3/c1-18(12-4-2-3-5-13(12)19)15(20)9-21-14-7-6-10(16)8-11(14)17/h6-8,12-13,19H,2-5,9H2,1H3. The maximum absolute atomic E-state index is 13.6. The number of rotatable bonds is 4. The number of hydrogen-bond donors (Lipinski definition) is 1. The number of amides is 1. The summed E-state index contributed by atoms with van der Waals surface area (Å²) in [6.45, 7) is -0.238. The molecule has 1 aromatic rings. The Morgan fingerprint density at radius 1 is 1.48 bits per heavy atom. The van der Waals surface area contributed by atoms with E-state index in [2.05, 4.69) is 15.9 Å². The lowest BCUT2D eigenvalue weighted by Crippen LogP contribution is -2.47. The van der Waals surface area contributed by atoms with Gasteiger partial charge in [0.25, 0.3) is 5.91 Å². The Balaban J connectivity index is 1.91. The first kappa shape index (κ1) is 16.2. The van der Waals surface area contributed by atoms with E-state index in [4.69, 9.17) is 4.74 Å². The average molecular weight is 360 g/mol. The zero-order valence-electron chi connectivity index (χ0n) is 11.9. The number of nitrogens with zero attached hydrogens (tertiary/aromatic N) is 1. The molecule has 2 rings (SSSR count). The van der Waals surface area contributed by atoms with Crippen LogP contribution in [0, 0.1) is 5.82 Å². The monoisotopic (exact) mass is 359 g/mol. The van der Waals surface area contributed by atoms with E-state index in [0.29, 0.717) is 10.9 Å². The molecule has 21 heavy (non-hydrogen) atoms. The van der Waals surface area contributed by atoms with Crippen LogP contribution < -0.4 is 4.74 Å². The van der Waals surface area contributed by atoms with Crippen molar-refractivity contribution in [3.05, 3.63) is 28.5 Å². The maximum Gasteiger partial charge on any atom is 0.260 e. The molecule has 1 aliphatic rings. The van der Waals surface area contributed by atoms with E-state index in [1.54, 1.807) is 13.1 Å². The molecule has 0 spiro atoms. The molecule has 1 aromatic carbocycles. The smallest absolute Gasteiger partial charge is 0.260 e. The predicted molar refractivity (Wildman–Crippen MR) is 80.6 cm³/mol. The fourth-order valence-corrected chi connectivity index (χ4v) is 2.90. The van der Waals surface area contributed by atoms with Crippen LogP contribution in [0.1, 0.15) is 25.7 Å². The highest BCUT2D eigenvalue weighted by Crippen LogP contribution is 2.24. The summed E-state index contributed by atoms with van der Waals surface area (Å²) in [6, 6.07) is 4.23. The molecule has 0 aliphatic heterocycles. The minimum absolute atomic E-state index is 0.0455. The van der Waals surface area contributed by atoms with Gasteiger partial charge in [-0.2, -0.15) is 0 Å². The van der Waals surface area contributed by atoms with E-state index >= 15 is 0 Å². The first-order valence-electron chi connectivity index (χ1n) is 7.00. The Hall–Kier alpha value is -1.14. The van der Waals surface area contributed by atoms with Crippen molar-refractivity contribution in [1.82, 2.24) is 4.90 Å². The highest BCUT2D eigenvalue weighted by molar-refractivity contribution is 9.10.